The molecule has 0 saturated carbocycles. The Kier molecular flexibility index (Phi) is 6.05. The lowest BCUT2D eigenvalue weighted by atomic mass is 10.00. The molecule has 166 valence electrons. The van der Waals surface area contributed by atoms with Crippen molar-refractivity contribution >= 4 is 23.5 Å². The molecule has 1 amide bonds. The van der Waals surface area contributed by atoms with Crippen LogP contribution >= 0.6 is 11.8 Å². The number of carbonyl (C=O) groups is 1. The number of nitrogens with one attached hydrogen (secondary N) is 3. The Labute approximate surface area is 192 Å². The molecule has 3 unspecified atom stereocenters. The molecule has 7 nitrogen and oxygen atoms in total. The first kappa shape index (κ1) is 20.9. The third-order valence-corrected chi connectivity index (χ3v) is 6.99. The number of hydrogen-bond acceptors (Lipinski definition) is 7. The maximum Gasteiger partial charge on any atom is 0.220 e. The molecule has 1 fully saturated rings. The van der Waals surface area contributed by atoms with Crippen LogP contribution < -0.4 is 16.2 Å². The number of rotatable bonds is 7. The van der Waals surface area contributed by atoms with Crippen LogP contribution in [-0.2, 0) is 11.3 Å². The monoisotopic (exact) mass is 448 g/mol. The van der Waals surface area contributed by atoms with Gasteiger partial charge >= 0.3 is 0 Å². The SMILES string of the molecule is CSc1ccc(CNC(=O)CCC2=NNC3C4CC(c5ccccc5)NN4C=CN23)cc1. The molecule has 2 aromatic rings. The zero-order valence-electron chi connectivity index (χ0n) is 18.1. The Hall–Kier alpha value is -2.97. The van der Waals surface area contributed by atoms with Gasteiger partial charge in [0, 0.05) is 36.7 Å². The molecular weight excluding hydrogens is 420 g/mol. The van der Waals surface area contributed by atoms with Crippen LogP contribution in [0.1, 0.15) is 36.4 Å². The van der Waals surface area contributed by atoms with Gasteiger partial charge in [0.2, 0.25) is 5.91 Å². The summed E-state index contributed by atoms with van der Waals surface area (Å²) in [6, 6.07) is 19.4. The highest BCUT2D eigenvalue weighted by Crippen LogP contribution is 2.34. The second-order valence-corrected chi connectivity index (χ2v) is 9.11. The highest BCUT2D eigenvalue weighted by Gasteiger charge is 2.43. The molecule has 2 aromatic carbocycles. The number of amidine groups is 1. The number of carbonyl (C=O) groups excluding carboxylic acids is 1. The van der Waals surface area contributed by atoms with Gasteiger partial charge in [-0.3, -0.25) is 10.2 Å². The van der Waals surface area contributed by atoms with E-state index < -0.39 is 0 Å². The summed E-state index contributed by atoms with van der Waals surface area (Å²) in [5.41, 5.74) is 9.28. The first-order valence-corrected chi connectivity index (χ1v) is 12.2. The van der Waals surface area contributed by atoms with Crippen LogP contribution in [0, 0.1) is 0 Å². The lowest BCUT2D eigenvalue weighted by Gasteiger charge is -2.37. The largest absolute Gasteiger partial charge is 0.352 e. The van der Waals surface area contributed by atoms with Gasteiger partial charge in [-0.25, -0.2) is 5.43 Å². The molecule has 0 spiro atoms. The van der Waals surface area contributed by atoms with Crippen molar-refractivity contribution in [3.63, 3.8) is 0 Å². The fraction of sp³-hybridized carbons (Fsp3) is 0.333. The Morgan fingerprint density at radius 2 is 1.97 bits per heavy atom. The fourth-order valence-electron chi connectivity index (χ4n) is 4.47. The highest BCUT2D eigenvalue weighted by atomic mass is 32.2. The van der Waals surface area contributed by atoms with Crippen LogP contribution in [0.25, 0.3) is 0 Å². The minimum absolute atomic E-state index is 0.0411. The van der Waals surface area contributed by atoms with E-state index in [1.807, 2.05) is 12.3 Å². The normalized spacial score (nSPS) is 23.4. The van der Waals surface area contributed by atoms with Gasteiger partial charge in [0.25, 0.3) is 0 Å². The standard InChI is InChI=1S/C24H28N6OS/c1-32-19-9-7-17(8-10-19)16-25-23(31)12-11-22-26-27-24-21-15-20(18-5-3-2-4-6-18)28-30(21)14-13-29(22)24/h2-10,13-14,20-21,24,27-28H,11-12,15-16H2,1H3,(H,25,31). The molecule has 0 aromatic heterocycles. The van der Waals surface area contributed by atoms with Gasteiger partial charge in [-0.2, -0.15) is 5.10 Å². The molecule has 1 saturated heterocycles. The number of fused-ring (bicyclic) bond motifs is 3. The quantitative estimate of drug-likeness (QED) is 0.565. The van der Waals surface area contributed by atoms with Crippen LogP contribution in [-0.4, -0.2) is 40.1 Å². The van der Waals surface area contributed by atoms with Crippen molar-refractivity contribution in [1.29, 1.82) is 0 Å². The summed E-state index contributed by atoms with van der Waals surface area (Å²) in [6.07, 6.45) is 8.27. The maximum absolute atomic E-state index is 12.4. The van der Waals surface area contributed by atoms with Crippen molar-refractivity contribution in [2.24, 2.45) is 5.10 Å². The topological polar surface area (TPSA) is 72.0 Å². The number of nitrogens with zero attached hydrogens (tertiary/aromatic N) is 3. The molecular formula is C24H28N6OS. The summed E-state index contributed by atoms with van der Waals surface area (Å²) in [5.74, 6) is 0.952. The molecule has 3 aliphatic rings. The van der Waals surface area contributed by atoms with Crippen LogP contribution in [0.15, 0.2) is 77.0 Å². The molecule has 3 heterocycles. The number of hydrazone groups is 1. The third kappa shape index (κ3) is 4.33. The smallest absolute Gasteiger partial charge is 0.220 e. The van der Waals surface area contributed by atoms with E-state index in [1.54, 1.807) is 11.8 Å². The number of benzene rings is 2. The lowest BCUT2D eigenvalue weighted by Crippen LogP contribution is -2.54. The van der Waals surface area contributed by atoms with E-state index in [9.17, 15) is 4.79 Å². The maximum atomic E-state index is 12.4. The van der Waals surface area contributed by atoms with Crippen LogP contribution in [0.3, 0.4) is 0 Å². The average Bonchev–Trinajstić information content (AvgIpc) is 3.46. The van der Waals surface area contributed by atoms with Gasteiger partial charge in [0.05, 0.1) is 12.1 Å². The zero-order chi connectivity index (χ0) is 21.9. The minimum atomic E-state index is 0.0411. The van der Waals surface area contributed by atoms with Crippen molar-refractivity contribution in [2.45, 2.75) is 49.0 Å². The van der Waals surface area contributed by atoms with E-state index in [1.165, 1.54) is 10.5 Å². The number of thioether (sulfide) groups is 1. The van der Waals surface area contributed by atoms with Gasteiger partial charge in [-0.05, 0) is 35.9 Å². The second kappa shape index (κ2) is 9.26. The van der Waals surface area contributed by atoms with Crippen molar-refractivity contribution in [2.75, 3.05) is 6.26 Å². The van der Waals surface area contributed by atoms with E-state index in [-0.39, 0.29) is 24.2 Å². The summed E-state index contributed by atoms with van der Waals surface area (Å²) in [4.78, 5) is 15.8. The van der Waals surface area contributed by atoms with Gasteiger partial charge in [-0.1, -0.05) is 42.5 Å². The first-order chi connectivity index (χ1) is 15.7. The second-order valence-electron chi connectivity index (χ2n) is 8.23. The van der Waals surface area contributed by atoms with Crippen LogP contribution in [0.5, 0.6) is 0 Å². The van der Waals surface area contributed by atoms with Crippen molar-refractivity contribution in [3.8, 4) is 0 Å². The lowest BCUT2D eigenvalue weighted by molar-refractivity contribution is -0.121. The summed E-state index contributed by atoms with van der Waals surface area (Å²) < 4.78 is 0. The summed E-state index contributed by atoms with van der Waals surface area (Å²) in [5, 5.41) is 9.75. The molecule has 3 N–H and O–H groups in total. The van der Waals surface area contributed by atoms with Gasteiger partial charge in [0.15, 0.2) is 0 Å². The summed E-state index contributed by atoms with van der Waals surface area (Å²) in [6.45, 7) is 0.550. The Bertz CT molecular complexity index is 1010. The predicted molar refractivity (Wildman–Crippen MR) is 127 cm³/mol. The average molecular weight is 449 g/mol. The molecule has 0 bridgehead atoms. The molecule has 3 aliphatic heterocycles. The third-order valence-electron chi connectivity index (χ3n) is 6.24. The number of amides is 1. The van der Waals surface area contributed by atoms with Gasteiger partial charge < -0.3 is 15.2 Å². The summed E-state index contributed by atoms with van der Waals surface area (Å²) >= 11 is 1.71. The molecule has 8 heteroatoms. The van der Waals surface area contributed by atoms with Crippen molar-refractivity contribution in [3.05, 3.63) is 78.1 Å². The van der Waals surface area contributed by atoms with E-state index in [0.717, 1.165) is 17.8 Å². The van der Waals surface area contributed by atoms with E-state index in [0.29, 0.717) is 19.4 Å². The Morgan fingerprint density at radius 3 is 2.75 bits per heavy atom. The molecule has 5 rings (SSSR count). The number of hydrazine groups is 1. The van der Waals surface area contributed by atoms with E-state index >= 15 is 0 Å². The van der Waals surface area contributed by atoms with E-state index in [2.05, 4.69) is 92.2 Å². The number of hydrogen-bond donors (Lipinski definition) is 3. The molecule has 3 atom stereocenters. The highest BCUT2D eigenvalue weighted by molar-refractivity contribution is 7.98. The molecule has 0 aliphatic carbocycles. The van der Waals surface area contributed by atoms with E-state index in [4.69, 9.17) is 0 Å². The van der Waals surface area contributed by atoms with Crippen LogP contribution in [0.2, 0.25) is 0 Å². The Morgan fingerprint density at radius 1 is 1.16 bits per heavy atom. The van der Waals surface area contributed by atoms with Gasteiger partial charge in [-0.15, -0.1) is 11.8 Å². The van der Waals surface area contributed by atoms with Crippen molar-refractivity contribution < 1.29 is 4.79 Å². The minimum Gasteiger partial charge on any atom is -0.352 e. The van der Waals surface area contributed by atoms with Crippen LogP contribution in [0.4, 0.5) is 0 Å². The fourth-order valence-corrected chi connectivity index (χ4v) is 4.88. The molecule has 0 radical (unpaired) electrons. The predicted octanol–water partition coefficient (Wildman–Crippen LogP) is 3.15. The Balaban J connectivity index is 1.12. The summed E-state index contributed by atoms with van der Waals surface area (Å²) in [7, 11) is 0. The van der Waals surface area contributed by atoms with Crippen molar-refractivity contribution in [1.82, 2.24) is 26.1 Å². The molecule has 32 heavy (non-hydrogen) atoms. The zero-order valence-corrected chi connectivity index (χ0v) is 18.9. The van der Waals surface area contributed by atoms with Gasteiger partial charge in [0.1, 0.15) is 12.0 Å². The first-order valence-electron chi connectivity index (χ1n) is 11.0.